The van der Waals surface area contributed by atoms with E-state index in [1.54, 1.807) is 18.0 Å². The summed E-state index contributed by atoms with van der Waals surface area (Å²) in [4.78, 5) is 25.9. The van der Waals surface area contributed by atoms with Crippen LogP contribution in [-0.4, -0.2) is 57.0 Å². The summed E-state index contributed by atoms with van der Waals surface area (Å²) in [5.74, 6) is 0.435. The van der Waals surface area contributed by atoms with Gasteiger partial charge in [-0.15, -0.1) is 0 Å². The Bertz CT molecular complexity index is 1700. The maximum atomic E-state index is 11.9. The Morgan fingerprint density at radius 3 is 2.12 bits per heavy atom. The largest absolute Gasteiger partial charge is 0.497 e. The quantitative estimate of drug-likeness (QED) is 0.204. The van der Waals surface area contributed by atoms with Crippen molar-refractivity contribution in [2.45, 2.75) is 49.7 Å². The Kier molecular flexibility index (Phi) is 6.69. The van der Waals surface area contributed by atoms with Gasteiger partial charge in [-0.2, -0.15) is 0 Å². The van der Waals surface area contributed by atoms with Crippen molar-refractivity contribution in [1.29, 1.82) is 0 Å². The first kappa shape index (κ1) is 27.2. The molecule has 0 radical (unpaired) electrons. The highest BCUT2D eigenvalue weighted by Gasteiger charge is 2.56. The number of hydrogen-bond acceptors (Lipinski definition) is 9. The monoisotopic (exact) mass is 577 g/mol. The Morgan fingerprint density at radius 2 is 1.49 bits per heavy atom. The zero-order chi connectivity index (χ0) is 29.6. The van der Waals surface area contributed by atoms with Gasteiger partial charge in [0.05, 0.1) is 13.4 Å². The van der Waals surface area contributed by atoms with Gasteiger partial charge >= 0.3 is 0 Å². The van der Waals surface area contributed by atoms with Crippen LogP contribution in [0.2, 0.25) is 0 Å². The maximum absolute atomic E-state index is 11.9. The van der Waals surface area contributed by atoms with Gasteiger partial charge in [-0.3, -0.25) is 4.57 Å². The van der Waals surface area contributed by atoms with Crippen LogP contribution in [0.15, 0.2) is 97.6 Å². The molecule has 0 aliphatic carbocycles. The van der Waals surface area contributed by atoms with Gasteiger partial charge in [0.15, 0.2) is 35.3 Å². The molecule has 0 spiro atoms. The van der Waals surface area contributed by atoms with Gasteiger partial charge in [0.2, 0.25) is 0 Å². The van der Waals surface area contributed by atoms with E-state index >= 15 is 0 Å². The summed E-state index contributed by atoms with van der Waals surface area (Å²) < 4.78 is 25.5. The molecule has 0 amide bonds. The molecule has 10 heteroatoms. The average Bonchev–Trinajstić information content (AvgIpc) is 3.71. The second-order valence-electron chi connectivity index (χ2n) is 11.1. The number of carbonyl (C=O) groups is 1. The van der Waals surface area contributed by atoms with E-state index in [1.807, 2.05) is 74.5 Å². The highest BCUT2D eigenvalue weighted by molar-refractivity contribution is 5.84. The third-order valence-corrected chi connectivity index (χ3v) is 8.07. The summed E-state index contributed by atoms with van der Waals surface area (Å²) in [6.45, 7) is 3.65. The minimum absolute atomic E-state index is 0.513. The van der Waals surface area contributed by atoms with E-state index < -0.39 is 35.9 Å². The van der Waals surface area contributed by atoms with Crippen LogP contribution in [0, 0.1) is 0 Å². The summed E-state index contributed by atoms with van der Waals surface area (Å²) in [5.41, 5.74) is 3.21. The standard InChI is InChI=1S/C33H31N5O5/c1-32(2)42-27-25(18-39)41-31(28(27)43-32)38-20-36-26-29(34-19-35-30(26)38)37-33(21-10-6-4-7-11-21,22-12-8-5-9-13-22)23-14-16-24(40-3)17-15-23/h4-20,25,27-28,31H,1-3H3,(H,34,35,37)/t25-,27-,28-,31-/m1/s1. The van der Waals surface area contributed by atoms with Crippen LogP contribution in [0.1, 0.15) is 36.8 Å². The van der Waals surface area contributed by atoms with E-state index in [2.05, 4.69) is 39.6 Å². The molecular weight excluding hydrogens is 546 g/mol. The number of methoxy groups -OCH3 is 1. The summed E-state index contributed by atoms with van der Waals surface area (Å²) >= 11 is 0. The molecule has 1 N–H and O–H groups in total. The predicted octanol–water partition coefficient (Wildman–Crippen LogP) is 4.86. The molecule has 2 aliphatic heterocycles. The molecule has 0 bridgehead atoms. The Morgan fingerprint density at radius 1 is 0.860 bits per heavy atom. The average molecular weight is 578 g/mol. The van der Waals surface area contributed by atoms with Gasteiger partial charge in [-0.05, 0) is 42.7 Å². The fourth-order valence-electron chi connectivity index (χ4n) is 6.18. The number of fused-ring (bicyclic) bond motifs is 2. The van der Waals surface area contributed by atoms with Crippen LogP contribution in [0.3, 0.4) is 0 Å². The number of aromatic nitrogens is 4. The van der Waals surface area contributed by atoms with E-state index in [9.17, 15) is 4.79 Å². The number of aldehydes is 1. The number of rotatable bonds is 8. The summed E-state index contributed by atoms with van der Waals surface area (Å²) in [7, 11) is 1.65. The summed E-state index contributed by atoms with van der Waals surface area (Å²) in [6, 6.07) is 28.4. The van der Waals surface area contributed by atoms with Crippen molar-refractivity contribution in [2.24, 2.45) is 0 Å². The Balaban J connectivity index is 1.37. The summed E-state index contributed by atoms with van der Waals surface area (Å²) in [5, 5.41) is 3.78. The minimum atomic E-state index is -0.857. The maximum Gasteiger partial charge on any atom is 0.167 e. The molecule has 4 atom stereocenters. The lowest BCUT2D eigenvalue weighted by Gasteiger charge is -2.37. The van der Waals surface area contributed by atoms with Crippen LogP contribution in [-0.2, 0) is 24.5 Å². The number of carbonyl (C=O) groups excluding carboxylic acids is 1. The lowest BCUT2D eigenvalue weighted by Crippen LogP contribution is -2.38. The lowest BCUT2D eigenvalue weighted by atomic mass is 9.77. The molecule has 7 rings (SSSR count). The van der Waals surface area contributed by atoms with E-state index in [0.717, 1.165) is 28.7 Å². The van der Waals surface area contributed by atoms with Gasteiger partial charge in [0.25, 0.3) is 0 Å². The highest BCUT2D eigenvalue weighted by atomic mass is 16.8. The molecule has 5 aromatic rings. The Hall–Kier alpha value is -4.64. The zero-order valence-corrected chi connectivity index (χ0v) is 24.0. The van der Waals surface area contributed by atoms with E-state index in [1.165, 1.54) is 6.33 Å². The number of nitrogens with zero attached hydrogens (tertiary/aromatic N) is 4. The van der Waals surface area contributed by atoms with Crippen molar-refractivity contribution in [3.8, 4) is 5.75 Å². The molecule has 4 heterocycles. The first-order valence-corrected chi connectivity index (χ1v) is 14.1. The first-order valence-electron chi connectivity index (χ1n) is 14.1. The number of imidazole rings is 1. The van der Waals surface area contributed by atoms with Crippen molar-refractivity contribution in [2.75, 3.05) is 12.4 Å². The molecule has 43 heavy (non-hydrogen) atoms. The van der Waals surface area contributed by atoms with Crippen LogP contribution >= 0.6 is 0 Å². The van der Waals surface area contributed by atoms with Crippen molar-refractivity contribution in [3.63, 3.8) is 0 Å². The van der Waals surface area contributed by atoms with Gasteiger partial charge in [0, 0.05) is 0 Å². The van der Waals surface area contributed by atoms with Gasteiger partial charge < -0.3 is 29.1 Å². The minimum Gasteiger partial charge on any atom is -0.497 e. The van der Waals surface area contributed by atoms with E-state index in [0.29, 0.717) is 17.0 Å². The van der Waals surface area contributed by atoms with Crippen LogP contribution in [0.4, 0.5) is 5.82 Å². The van der Waals surface area contributed by atoms with Crippen molar-refractivity contribution in [1.82, 2.24) is 19.5 Å². The molecule has 3 aromatic carbocycles. The second-order valence-corrected chi connectivity index (χ2v) is 11.1. The fraction of sp³-hybridized carbons (Fsp3) is 0.273. The first-order chi connectivity index (χ1) is 20.9. The molecule has 2 fully saturated rings. The van der Waals surface area contributed by atoms with Gasteiger partial charge in [0.1, 0.15) is 35.9 Å². The highest BCUT2D eigenvalue weighted by Crippen LogP contribution is 2.44. The summed E-state index contributed by atoms with van der Waals surface area (Å²) in [6.07, 6.45) is 1.42. The number of anilines is 1. The van der Waals surface area contributed by atoms with Crippen LogP contribution < -0.4 is 10.1 Å². The molecule has 2 aliphatic rings. The molecule has 2 aromatic heterocycles. The third kappa shape index (κ3) is 4.55. The lowest BCUT2D eigenvalue weighted by molar-refractivity contribution is -0.194. The molecule has 2 saturated heterocycles. The number of hydrogen-bond donors (Lipinski definition) is 1. The van der Waals surface area contributed by atoms with Crippen molar-refractivity contribution in [3.05, 3.63) is 114 Å². The van der Waals surface area contributed by atoms with Crippen molar-refractivity contribution >= 4 is 23.3 Å². The smallest absolute Gasteiger partial charge is 0.167 e. The third-order valence-electron chi connectivity index (χ3n) is 8.07. The normalized spacial score (nSPS) is 22.8. The fourth-order valence-corrected chi connectivity index (χ4v) is 6.18. The van der Waals surface area contributed by atoms with Gasteiger partial charge in [-0.25, -0.2) is 15.0 Å². The van der Waals surface area contributed by atoms with E-state index in [-0.39, 0.29) is 0 Å². The van der Waals surface area contributed by atoms with Crippen molar-refractivity contribution < 1.29 is 23.7 Å². The topological polar surface area (TPSA) is 110 Å². The molecule has 218 valence electrons. The predicted molar refractivity (Wildman–Crippen MR) is 159 cm³/mol. The molecule has 0 unspecified atom stereocenters. The SMILES string of the molecule is COc1ccc(C(Nc2ncnc3c2ncn3[C@@H]2O[C@H](C=O)[C@H]3OC(C)(C)O[C@H]32)(c2ccccc2)c2ccccc2)cc1. The number of ether oxygens (including phenoxy) is 4. The number of benzene rings is 3. The second kappa shape index (κ2) is 10.6. The molecular formula is C33H31N5O5. The van der Waals surface area contributed by atoms with Gasteiger partial charge in [-0.1, -0.05) is 72.8 Å². The zero-order valence-electron chi connectivity index (χ0n) is 24.0. The van der Waals surface area contributed by atoms with Crippen LogP contribution in [0.5, 0.6) is 5.75 Å². The molecule has 10 nitrogen and oxygen atoms in total. The molecule has 0 saturated carbocycles. The van der Waals surface area contributed by atoms with Crippen LogP contribution in [0.25, 0.3) is 11.2 Å². The Labute approximate surface area is 248 Å². The number of nitrogens with one attached hydrogen (secondary N) is 1. The van der Waals surface area contributed by atoms with E-state index in [4.69, 9.17) is 23.9 Å².